The standard InChI is InChI=1S/C15H21NO4/c1-8-3-9(2)15(20)11(4-8)12(17)5-10-6-13(18)16-14(19)7-10/h8-11H,3-7H2,1-2H3,(H,16,18,19)/t8-,9+,11?/m1/s1. The zero-order chi connectivity index (χ0) is 14.9. The van der Waals surface area contributed by atoms with Crippen molar-refractivity contribution in [2.45, 2.75) is 46.0 Å². The van der Waals surface area contributed by atoms with Crippen molar-refractivity contribution in [2.24, 2.45) is 23.7 Å². The zero-order valence-corrected chi connectivity index (χ0v) is 12.0. The van der Waals surface area contributed by atoms with Crippen LogP contribution < -0.4 is 5.32 Å². The fourth-order valence-corrected chi connectivity index (χ4v) is 3.39. The van der Waals surface area contributed by atoms with Crippen molar-refractivity contribution in [1.82, 2.24) is 5.32 Å². The van der Waals surface area contributed by atoms with Crippen molar-refractivity contribution < 1.29 is 19.2 Å². The average Bonchev–Trinajstić information content (AvgIpc) is 2.32. The highest BCUT2D eigenvalue weighted by atomic mass is 16.2. The lowest BCUT2D eigenvalue weighted by Gasteiger charge is -2.30. The first-order valence-corrected chi connectivity index (χ1v) is 7.26. The summed E-state index contributed by atoms with van der Waals surface area (Å²) < 4.78 is 0. The Balaban J connectivity index is 1.98. The maximum atomic E-state index is 12.3. The molecule has 1 aliphatic carbocycles. The molecule has 2 fully saturated rings. The summed E-state index contributed by atoms with van der Waals surface area (Å²) in [6.07, 6.45) is 2.00. The lowest BCUT2D eigenvalue weighted by Crippen LogP contribution is -2.41. The maximum absolute atomic E-state index is 12.3. The van der Waals surface area contributed by atoms with E-state index in [0.29, 0.717) is 12.3 Å². The Bertz CT molecular complexity index is 441. The minimum absolute atomic E-state index is 0.0275. The summed E-state index contributed by atoms with van der Waals surface area (Å²) >= 11 is 0. The van der Waals surface area contributed by atoms with E-state index in [-0.39, 0.29) is 54.5 Å². The lowest BCUT2D eigenvalue weighted by atomic mass is 9.72. The minimum Gasteiger partial charge on any atom is -0.299 e. The van der Waals surface area contributed by atoms with E-state index >= 15 is 0 Å². The fourth-order valence-electron chi connectivity index (χ4n) is 3.39. The Morgan fingerprint density at radius 2 is 1.70 bits per heavy atom. The molecular weight excluding hydrogens is 258 g/mol. The molecule has 1 N–H and O–H groups in total. The van der Waals surface area contributed by atoms with Crippen LogP contribution in [-0.2, 0) is 19.2 Å². The summed E-state index contributed by atoms with van der Waals surface area (Å²) in [5, 5.41) is 2.23. The normalized spacial score (nSPS) is 32.1. The van der Waals surface area contributed by atoms with Gasteiger partial charge in [-0.1, -0.05) is 13.8 Å². The van der Waals surface area contributed by atoms with E-state index in [0.717, 1.165) is 6.42 Å². The molecule has 2 rings (SSSR count). The van der Waals surface area contributed by atoms with Gasteiger partial charge in [0, 0.05) is 25.2 Å². The molecule has 5 heteroatoms. The number of carbonyl (C=O) groups is 4. The molecular formula is C15H21NO4. The van der Waals surface area contributed by atoms with Gasteiger partial charge in [0.25, 0.3) is 0 Å². The summed E-state index contributed by atoms with van der Waals surface area (Å²) in [5.74, 6) is -1.19. The van der Waals surface area contributed by atoms with Gasteiger partial charge in [-0.15, -0.1) is 0 Å². The Morgan fingerprint density at radius 3 is 2.30 bits per heavy atom. The lowest BCUT2D eigenvalue weighted by molar-refractivity contribution is -0.139. The van der Waals surface area contributed by atoms with Gasteiger partial charge in [-0.25, -0.2) is 0 Å². The number of ketones is 2. The van der Waals surface area contributed by atoms with E-state index in [2.05, 4.69) is 12.2 Å². The summed E-state index contributed by atoms with van der Waals surface area (Å²) in [5.41, 5.74) is 0. The quantitative estimate of drug-likeness (QED) is 0.623. The third-order valence-corrected chi connectivity index (χ3v) is 4.33. The summed E-state index contributed by atoms with van der Waals surface area (Å²) in [6.45, 7) is 3.93. The highest BCUT2D eigenvalue weighted by Gasteiger charge is 2.38. The van der Waals surface area contributed by atoms with Crippen molar-refractivity contribution in [3.05, 3.63) is 0 Å². The third-order valence-electron chi connectivity index (χ3n) is 4.33. The molecule has 0 bridgehead atoms. The molecule has 0 aromatic carbocycles. The first kappa shape index (κ1) is 14.9. The SMILES string of the molecule is C[C@H]1CC(C(=O)CC2CC(=O)NC(=O)C2)C(=O)[C@@H](C)C1. The molecule has 1 aliphatic heterocycles. The van der Waals surface area contributed by atoms with Crippen molar-refractivity contribution in [3.8, 4) is 0 Å². The maximum Gasteiger partial charge on any atom is 0.226 e. The van der Waals surface area contributed by atoms with Crippen molar-refractivity contribution >= 4 is 23.4 Å². The van der Waals surface area contributed by atoms with Crippen molar-refractivity contribution in [3.63, 3.8) is 0 Å². The molecule has 2 amide bonds. The molecule has 20 heavy (non-hydrogen) atoms. The summed E-state index contributed by atoms with van der Waals surface area (Å²) in [7, 11) is 0. The molecule has 0 aromatic heterocycles. The number of hydrogen-bond donors (Lipinski definition) is 1. The van der Waals surface area contributed by atoms with Crippen LogP contribution in [0.1, 0.15) is 46.0 Å². The fraction of sp³-hybridized carbons (Fsp3) is 0.733. The van der Waals surface area contributed by atoms with E-state index in [1.807, 2.05) is 6.92 Å². The van der Waals surface area contributed by atoms with Gasteiger partial charge in [0.2, 0.25) is 11.8 Å². The number of rotatable bonds is 3. The van der Waals surface area contributed by atoms with Gasteiger partial charge in [0.05, 0.1) is 5.92 Å². The number of carbonyl (C=O) groups excluding carboxylic acids is 4. The summed E-state index contributed by atoms with van der Waals surface area (Å²) in [6, 6.07) is 0. The first-order chi connectivity index (χ1) is 9.36. The molecule has 3 atom stereocenters. The molecule has 0 spiro atoms. The van der Waals surface area contributed by atoms with Gasteiger partial charge in [-0.05, 0) is 24.7 Å². The number of imide groups is 1. The smallest absolute Gasteiger partial charge is 0.226 e. The van der Waals surface area contributed by atoms with E-state index in [4.69, 9.17) is 0 Å². The number of hydrogen-bond acceptors (Lipinski definition) is 4. The number of piperidine rings is 1. The Kier molecular flexibility index (Phi) is 4.35. The van der Waals surface area contributed by atoms with Crippen LogP contribution in [0, 0.1) is 23.7 Å². The van der Waals surface area contributed by atoms with Gasteiger partial charge in [-0.3, -0.25) is 24.5 Å². The van der Waals surface area contributed by atoms with E-state index in [9.17, 15) is 19.2 Å². The second kappa shape index (κ2) is 5.85. The largest absolute Gasteiger partial charge is 0.299 e. The second-order valence-corrected chi connectivity index (χ2v) is 6.35. The summed E-state index contributed by atoms with van der Waals surface area (Å²) in [4.78, 5) is 47.0. The zero-order valence-electron chi connectivity index (χ0n) is 12.0. The molecule has 5 nitrogen and oxygen atoms in total. The molecule has 0 aromatic rings. The molecule has 110 valence electrons. The van der Waals surface area contributed by atoms with Crippen LogP contribution >= 0.6 is 0 Å². The van der Waals surface area contributed by atoms with Crippen LogP contribution in [0.2, 0.25) is 0 Å². The number of Topliss-reactive ketones (excluding diaryl/α,β-unsaturated/α-hetero) is 2. The van der Waals surface area contributed by atoms with Crippen LogP contribution in [-0.4, -0.2) is 23.4 Å². The van der Waals surface area contributed by atoms with E-state index in [1.165, 1.54) is 0 Å². The minimum atomic E-state index is -0.533. The molecule has 1 heterocycles. The number of nitrogens with one attached hydrogen (secondary N) is 1. The molecule has 1 saturated carbocycles. The molecule has 1 saturated heterocycles. The first-order valence-electron chi connectivity index (χ1n) is 7.26. The van der Waals surface area contributed by atoms with Crippen LogP contribution in [0.25, 0.3) is 0 Å². The highest BCUT2D eigenvalue weighted by molar-refractivity contribution is 6.04. The Hall–Kier alpha value is -1.52. The third kappa shape index (κ3) is 3.32. The molecule has 2 aliphatic rings. The van der Waals surface area contributed by atoms with E-state index in [1.54, 1.807) is 0 Å². The predicted octanol–water partition coefficient (Wildman–Crippen LogP) is 1.25. The van der Waals surface area contributed by atoms with Gasteiger partial charge in [0.15, 0.2) is 0 Å². The van der Waals surface area contributed by atoms with Gasteiger partial charge in [-0.2, -0.15) is 0 Å². The second-order valence-electron chi connectivity index (χ2n) is 6.35. The topological polar surface area (TPSA) is 80.3 Å². The monoisotopic (exact) mass is 279 g/mol. The van der Waals surface area contributed by atoms with Crippen LogP contribution in [0.5, 0.6) is 0 Å². The van der Waals surface area contributed by atoms with Crippen LogP contribution in [0.4, 0.5) is 0 Å². The highest BCUT2D eigenvalue weighted by Crippen LogP contribution is 2.32. The Labute approximate surface area is 118 Å². The van der Waals surface area contributed by atoms with E-state index < -0.39 is 5.92 Å². The van der Waals surface area contributed by atoms with Gasteiger partial charge < -0.3 is 0 Å². The predicted molar refractivity (Wildman–Crippen MR) is 71.6 cm³/mol. The van der Waals surface area contributed by atoms with Crippen LogP contribution in [0.15, 0.2) is 0 Å². The molecule has 0 radical (unpaired) electrons. The van der Waals surface area contributed by atoms with Crippen LogP contribution in [0.3, 0.4) is 0 Å². The molecule has 1 unspecified atom stereocenters. The Morgan fingerprint density at radius 1 is 1.10 bits per heavy atom. The van der Waals surface area contributed by atoms with Crippen molar-refractivity contribution in [1.29, 1.82) is 0 Å². The van der Waals surface area contributed by atoms with Gasteiger partial charge >= 0.3 is 0 Å². The van der Waals surface area contributed by atoms with Gasteiger partial charge in [0.1, 0.15) is 11.6 Å². The van der Waals surface area contributed by atoms with Crippen molar-refractivity contribution in [2.75, 3.05) is 0 Å². The number of amides is 2. The average molecular weight is 279 g/mol.